The van der Waals surface area contributed by atoms with Crippen molar-refractivity contribution in [1.82, 2.24) is 4.98 Å². The zero-order chi connectivity index (χ0) is 15.0. The second-order valence-corrected chi connectivity index (χ2v) is 4.30. The van der Waals surface area contributed by atoms with Crippen molar-refractivity contribution in [3.63, 3.8) is 0 Å². The Kier molecular flexibility index (Phi) is 3.03. The number of hydrogen-bond donors (Lipinski definition) is 1. The Morgan fingerprint density at radius 3 is 2.62 bits per heavy atom. The van der Waals surface area contributed by atoms with Gasteiger partial charge >= 0.3 is 0 Å². The number of fused-ring (bicyclic) bond motifs is 1. The van der Waals surface area contributed by atoms with Gasteiger partial charge in [-0.2, -0.15) is 5.26 Å². The summed E-state index contributed by atoms with van der Waals surface area (Å²) in [4.78, 5) is 2.69. The van der Waals surface area contributed by atoms with Crippen LogP contribution in [0.4, 0.5) is 13.2 Å². The second kappa shape index (κ2) is 4.87. The highest BCUT2D eigenvalue weighted by Crippen LogP contribution is 2.33. The van der Waals surface area contributed by atoms with E-state index in [4.69, 9.17) is 10.00 Å². The molecule has 21 heavy (non-hydrogen) atoms. The van der Waals surface area contributed by atoms with Gasteiger partial charge in [-0.3, -0.25) is 0 Å². The zero-order valence-corrected chi connectivity index (χ0v) is 10.5. The number of hydrogen-bond acceptors (Lipinski definition) is 2. The van der Waals surface area contributed by atoms with Crippen molar-refractivity contribution in [2.45, 2.75) is 0 Å². The topological polar surface area (TPSA) is 48.8 Å². The number of halogens is 3. The highest BCUT2D eigenvalue weighted by molar-refractivity contribution is 5.82. The summed E-state index contributed by atoms with van der Waals surface area (Å²) in [5, 5.41) is 8.91. The van der Waals surface area contributed by atoms with Crippen molar-refractivity contribution in [2.75, 3.05) is 0 Å². The third-order valence-electron chi connectivity index (χ3n) is 2.98. The molecule has 0 aliphatic carbocycles. The van der Waals surface area contributed by atoms with E-state index in [1.807, 2.05) is 0 Å². The summed E-state index contributed by atoms with van der Waals surface area (Å²) in [6, 6.07) is 7.44. The summed E-state index contributed by atoms with van der Waals surface area (Å²) in [5.74, 6) is -3.12. The average molecular weight is 288 g/mol. The van der Waals surface area contributed by atoms with E-state index in [0.717, 1.165) is 18.2 Å². The molecule has 0 bridgehead atoms. The Morgan fingerprint density at radius 2 is 1.86 bits per heavy atom. The van der Waals surface area contributed by atoms with E-state index in [-0.39, 0.29) is 16.7 Å². The fraction of sp³-hybridized carbons (Fsp3) is 0. The van der Waals surface area contributed by atoms with Crippen LogP contribution in [-0.2, 0) is 0 Å². The van der Waals surface area contributed by atoms with Gasteiger partial charge in [-0.1, -0.05) is 0 Å². The molecule has 3 nitrogen and oxygen atoms in total. The Balaban J connectivity index is 2.08. The minimum absolute atomic E-state index is 0.0272. The number of H-pyrrole nitrogens is 1. The number of rotatable bonds is 2. The molecule has 0 aliphatic rings. The Morgan fingerprint density at radius 1 is 1.05 bits per heavy atom. The highest BCUT2D eigenvalue weighted by atomic mass is 19.1. The van der Waals surface area contributed by atoms with Crippen LogP contribution in [0.3, 0.4) is 0 Å². The Hall–Kier alpha value is -2.94. The number of nitriles is 1. The van der Waals surface area contributed by atoms with Gasteiger partial charge in [0.25, 0.3) is 0 Å². The van der Waals surface area contributed by atoms with E-state index < -0.39 is 23.2 Å². The van der Waals surface area contributed by atoms with Crippen LogP contribution in [-0.4, -0.2) is 4.98 Å². The molecule has 0 unspecified atom stereocenters. The summed E-state index contributed by atoms with van der Waals surface area (Å²) >= 11 is 0. The largest absolute Gasteiger partial charge is 0.451 e. The van der Waals surface area contributed by atoms with Crippen molar-refractivity contribution in [3.8, 4) is 17.6 Å². The van der Waals surface area contributed by atoms with Gasteiger partial charge < -0.3 is 9.72 Å². The first-order chi connectivity index (χ1) is 10.1. The average Bonchev–Trinajstić information content (AvgIpc) is 2.93. The van der Waals surface area contributed by atoms with Gasteiger partial charge in [-0.05, 0) is 18.2 Å². The molecule has 104 valence electrons. The molecule has 0 aliphatic heterocycles. The van der Waals surface area contributed by atoms with Crippen molar-refractivity contribution in [3.05, 3.63) is 59.5 Å². The lowest BCUT2D eigenvalue weighted by molar-refractivity contribution is 0.410. The second-order valence-electron chi connectivity index (χ2n) is 4.30. The molecule has 0 radical (unpaired) electrons. The standard InChI is InChI=1S/C15H7F3N2O/c16-11-2-1-9(5-8(11)7-19)21-15-12(17)6-13-10(14(15)18)3-4-20-13/h1-6,20H. The molecule has 1 aromatic heterocycles. The van der Waals surface area contributed by atoms with Gasteiger partial charge in [0, 0.05) is 23.7 Å². The molecular formula is C15H7F3N2O. The number of aromatic amines is 1. The van der Waals surface area contributed by atoms with E-state index in [2.05, 4.69) is 4.98 Å². The quantitative estimate of drug-likeness (QED) is 0.766. The minimum Gasteiger partial charge on any atom is -0.451 e. The van der Waals surface area contributed by atoms with Crippen LogP contribution in [0.5, 0.6) is 11.5 Å². The lowest BCUT2D eigenvalue weighted by atomic mass is 10.2. The summed E-state index contributed by atoms with van der Waals surface area (Å²) in [6.45, 7) is 0. The van der Waals surface area contributed by atoms with Gasteiger partial charge in [-0.25, -0.2) is 13.2 Å². The van der Waals surface area contributed by atoms with Crippen LogP contribution >= 0.6 is 0 Å². The molecule has 0 fully saturated rings. The molecule has 2 aromatic carbocycles. The van der Waals surface area contributed by atoms with E-state index in [9.17, 15) is 13.2 Å². The number of nitrogens with zero attached hydrogens (tertiary/aromatic N) is 1. The SMILES string of the molecule is N#Cc1cc(Oc2c(F)cc3[nH]ccc3c2F)ccc1F. The van der Waals surface area contributed by atoms with Crippen LogP contribution in [0.25, 0.3) is 10.9 Å². The van der Waals surface area contributed by atoms with Crippen molar-refractivity contribution < 1.29 is 17.9 Å². The molecule has 1 N–H and O–H groups in total. The van der Waals surface area contributed by atoms with Crippen molar-refractivity contribution in [2.24, 2.45) is 0 Å². The summed E-state index contributed by atoms with van der Waals surface area (Å²) in [7, 11) is 0. The molecule has 6 heteroatoms. The fourth-order valence-corrected chi connectivity index (χ4v) is 1.98. The van der Waals surface area contributed by atoms with Gasteiger partial charge in [0.1, 0.15) is 17.6 Å². The van der Waals surface area contributed by atoms with E-state index in [1.165, 1.54) is 18.3 Å². The monoisotopic (exact) mass is 288 g/mol. The van der Waals surface area contributed by atoms with Gasteiger partial charge in [0.05, 0.1) is 11.1 Å². The maximum Gasteiger partial charge on any atom is 0.199 e. The summed E-state index contributed by atoms with van der Waals surface area (Å²) in [5.41, 5.74) is 0.0326. The Labute approximate surface area is 117 Å². The van der Waals surface area contributed by atoms with Crippen LogP contribution < -0.4 is 4.74 Å². The molecular weight excluding hydrogens is 281 g/mol. The molecule has 0 spiro atoms. The van der Waals surface area contributed by atoms with E-state index in [1.54, 1.807) is 6.07 Å². The van der Waals surface area contributed by atoms with Crippen molar-refractivity contribution >= 4 is 10.9 Å². The van der Waals surface area contributed by atoms with Crippen LogP contribution in [0.15, 0.2) is 36.5 Å². The number of nitrogens with one attached hydrogen (secondary N) is 1. The molecule has 3 rings (SSSR count). The maximum absolute atomic E-state index is 14.2. The summed E-state index contributed by atoms with van der Waals surface area (Å²) < 4.78 is 46.4. The fourth-order valence-electron chi connectivity index (χ4n) is 1.98. The predicted octanol–water partition coefficient (Wildman–Crippen LogP) is 4.25. The van der Waals surface area contributed by atoms with Crippen molar-refractivity contribution in [1.29, 1.82) is 5.26 Å². The third-order valence-corrected chi connectivity index (χ3v) is 2.98. The maximum atomic E-state index is 14.2. The number of benzene rings is 2. The first-order valence-corrected chi connectivity index (χ1v) is 5.92. The number of aromatic nitrogens is 1. The van der Waals surface area contributed by atoms with Crippen LogP contribution in [0.1, 0.15) is 5.56 Å². The van der Waals surface area contributed by atoms with E-state index >= 15 is 0 Å². The first-order valence-electron chi connectivity index (χ1n) is 5.92. The molecule has 0 atom stereocenters. The van der Waals surface area contributed by atoms with Gasteiger partial charge in [0.2, 0.25) is 0 Å². The molecule has 0 saturated heterocycles. The lowest BCUT2D eigenvalue weighted by Crippen LogP contribution is -1.95. The predicted molar refractivity (Wildman–Crippen MR) is 69.4 cm³/mol. The van der Waals surface area contributed by atoms with E-state index in [0.29, 0.717) is 5.52 Å². The first kappa shape index (κ1) is 13.1. The smallest absolute Gasteiger partial charge is 0.199 e. The summed E-state index contributed by atoms with van der Waals surface area (Å²) in [6.07, 6.45) is 1.47. The van der Waals surface area contributed by atoms with Crippen LogP contribution in [0, 0.1) is 28.8 Å². The highest BCUT2D eigenvalue weighted by Gasteiger charge is 2.17. The minimum atomic E-state index is -0.898. The molecule has 1 heterocycles. The lowest BCUT2D eigenvalue weighted by Gasteiger charge is -2.09. The molecule has 3 aromatic rings. The molecule has 0 amide bonds. The normalized spacial score (nSPS) is 10.6. The Bertz CT molecular complexity index is 880. The third kappa shape index (κ3) is 2.19. The molecule has 0 saturated carbocycles. The van der Waals surface area contributed by atoms with Crippen LogP contribution in [0.2, 0.25) is 0 Å². The number of ether oxygens (including phenoxy) is 1. The zero-order valence-electron chi connectivity index (χ0n) is 10.5. The van der Waals surface area contributed by atoms with Gasteiger partial charge in [-0.15, -0.1) is 0 Å². The van der Waals surface area contributed by atoms with Gasteiger partial charge in [0.15, 0.2) is 17.4 Å².